The van der Waals surface area contributed by atoms with Crippen LogP contribution in [0.5, 0.6) is 0 Å². The number of pyridine rings is 1. The first-order chi connectivity index (χ1) is 13.5. The maximum absolute atomic E-state index is 10.7. The van der Waals surface area contributed by atoms with Crippen molar-refractivity contribution in [2.45, 2.75) is 13.5 Å². The monoisotopic (exact) mass is 396 g/mol. The predicted molar refractivity (Wildman–Crippen MR) is 109 cm³/mol. The summed E-state index contributed by atoms with van der Waals surface area (Å²) in [7, 11) is 0. The number of nitro benzene ring substituents is 1. The van der Waals surface area contributed by atoms with E-state index in [1.54, 1.807) is 18.2 Å². The second-order valence-electron chi connectivity index (χ2n) is 6.18. The van der Waals surface area contributed by atoms with E-state index in [-0.39, 0.29) is 5.69 Å². The Morgan fingerprint density at radius 1 is 1.04 bits per heavy atom. The van der Waals surface area contributed by atoms with Gasteiger partial charge in [-0.15, -0.1) is 0 Å². The van der Waals surface area contributed by atoms with Crippen LogP contribution in [-0.4, -0.2) is 11.5 Å². The van der Waals surface area contributed by atoms with Gasteiger partial charge >= 0.3 is 0 Å². The highest BCUT2D eigenvalue weighted by molar-refractivity contribution is 6.33. The maximum Gasteiger partial charge on any atom is 0.269 e. The van der Waals surface area contributed by atoms with Gasteiger partial charge < -0.3 is 5.32 Å². The molecule has 1 aromatic heterocycles. The first-order valence-electron chi connectivity index (χ1n) is 8.66. The lowest BCUT2D eigenvalue weighted by Gasteiger charge is -2.07. The molecule has 0 atom stereocenters. The normalized spacial score (nSPS) is 10.9. The van der Waals surface area contributed by atoms with E-state index >= 15 is 0 Å². The van der Waals surface area contributed by atoms with E-state index in [9.17, 15) is 10.1 Å². The van der Waals surface area contributed by atoms with Crippen LogP contribution in [0.4, 0.5) is 22.7 Å². The minimum absolute atomic E-state index is 0.0150. The summed E-state index contributed by atoms with van der Waals surface area (Å²) in [4.78, 5) is 10.2. The summed E-state index contributed by atoms with van der Waals surface area (Å²) in [6, 6.07) is 15.4. The van der Waals surface area contributed by atoms with Gasteiger partial charge in [0.25, 0.3) is 5.69 Å². The zero-order valence-electron chi connectivity index (χ0n) is 15.2. The van der Waals surface area contributed by atoms with Crippen LogP contribution in [0.1, 0.15) is 5.56 Å². The fraction of sp³-hybridized carbons (Fsp3) is 0.150. The van der Waals surface area contributed by atoms with Crippen molar-refractivity contribution in [3.63, 3.8) is 0 Å². The number of nitrogens with zero attached hydrogens (tertiary/aromatic N) is 4. The van der Waals surface area contributed by atoms with E-state index < -0.39 is 4.92 Å². The molecule has 28 heavy (non-hydrogen) atoms. The summed E-state index contributed by atoms with van der Waals surface area (Å²) in [6.07, 6.45) is 4.08. The van der Waals surface area contributed by atoms with Crippen molar-refractivity contribution in [2.75, 3.05) is 11.9 Å². The number of aromatic nitrogens is 1. The van der Waals surface area contributed by atoms with E-state index in [0.717, 1.165) is 18.8 Å². The third kappa shape index (κ3) is 5.34. The lowest BCUT2D eigenvalue weighted by atomic mass is 10.3. The molecule has 0 radical (unpaired) electrons. The van der Waals surface area contributed by atoms with E-state index in [4.69, 9.17) is 11.6 Å². The molecular formula is C20H19ClN5O2+. The molecule has 1 N–H and O–H groups in total. The van der Waals surface area contributed by atoms with Crippen molar-refractivity contribution in [3.8, 4) is 0 Å². The average molecular weight is 397 g/mol. The summed E-state index contributed by atoms with van der Waals surface area (Å²) in [6.45, 7) is 3.61. The van der Waals surface area contributed by atoms with Gasteiger partial charge in [0.2, 0.25) is 0 Å². The largest absolute Gasteiger partial charge is 0.378 e. The number of hydrogen-bond donors (Lipinski definition) is 1. The number of nitrogens with one attached hydrogen (secondary N) is 1. The van der Waals surface area contributed by atoms with Crippen LogP contribution in [0.3, 0.4) is 0 Å². The highest BCUT2D eigenvalue weighted by Crippen LogP contribution is 2.28. The number of rotatable bonds is 7. The molecule has 3 aromatic rings. The molecule has 0 amide bonds. The highest BCUT2D eigenvalue weighted by Gasteiger charge is 2.05. The molecular weight excluding hydrogens is 378 g/mol. The molecule has 0 spiro atoms. The summed E-state index contributed by atoms with van der Waals surface area (Å²) in [5, 5.41) is 22.7. The number of nitro groups is 1. The second kappa shape index (κ2) is 9.05. The molecule has 0 saturated heterocycles. The molecule has 0 aliphatic carbocycles. The molecule has 0 fully saturated rings. The van der Waals surface area contributed by atoms with Crippen LogP contribution in [0.2, 0.25) is 5.02 Å². The predicted octanol–water partition coefficient (Wildman–Crippen LogP) is 5.37. The van der Waals surface area contributed by atoms with Crippen molar-refractivity contribution in [1.29, 1.82) is 0 Å². The molecule has 0 aliphatic heterocycles. The maximum atomic E-state index is 10.7. The molecule has 0 aliphatic rings. The number of non-ortho nitro benzene ring substituents is 1. The Morgan fingerprint density at radius 2 is 1.68 bits per heavy atom. The number of anilines is 1. The fourth-order valence-corrected chi connectivity index (χ4v) is 2.71. The van der Waals surface area contributed by atoms with E-state index in [2.05, 4.69) is 39.2 Å². The fourth-order valence-electron chi connectivity index (χ4n) is 2.47. The molecule has 142 valence electrons. The third-order valence-electron chi connectivity index (χ3n) is 4.04. The quantitative estimate of drug-likeness (QED) is 0.252. The van der Waals surface area contributed by atoms with Crippen LogP contribution in [-0.2, 0) is 6.54 Å². The lowest BCUT2D eigenvalue weighted by Crippen LogP contribution is -2.36. The van der Waals surface area contributed by atoms with E-state index in [1.807, 2.05) is 24.5 Å². The van der Waals surface area contributed by atoms with Crippen molar-refractivity contribution < 1.29 is 9.49 Å². The smallest absolute Gasteiger partial charge is 0.269 e. The molecule has 3 rings (SSSR count). The van der Waals surface area contributed by atoms with E-state index in [1.165, 1.54) is 17.7 Å². The number of hydrogen-bond acceptors (Lipinski definition) is 5. The summed E-state index contributed by atoms with van der Waals surface area (Å²) in [5.74, 6) is 0. The van der Waals surface area contributed by atoms with Crippen LogP contribution in [0.15, 0.2) is 77.2 Å². The van der Waals surface area contributed by atoms with Crippen LogP contribution in [0.25, 0.3) is 0 Å². The Morgan fingerprint density at radius 3 is 2.32 bits per heavy atom. The zero-order valence-corrected chi connectivity index (χ0v) is 16.0. The zero-order chi connectivity index (χ0) is 19.9. The third-order valence-corrected chi connectivity index (χ3v) is 4.35. The number of halogens is 1. The van der Waals surface area contributed by atoms with Gasteiger partial charge in [-0.2, -0.15) is 10.2 Å². The number of aryl methyl sites for hydroxylation is 1. The molecule has 7 nitrogen and oxygen atoms in total. The van der Waals surface area contributed by atoms with Crippen molar-refractivity contribution in [3.05, 3.63) is 87.7 Å². The minimum atomic E-state index is -0.455. The van der Waals surface area contributed by atoms with Crippen molar-refractivity contribution >= 4 is 34.4 Å². The van der Waals surface area contributed by atoms with Gasteiger partial charge in [0.1, 0.15) is 0 Å². The van der Waals surface area contributed by atoms with Crippen LogP contribution in [0, 0.1) is 17.0 Å². The topological polar surface area (TPSA) is 83.8 Å². The van der Waals surface area contributed by atoms with Gasteiger partial charge in [-0.25, -0.2) is 4.57 Å². The number of benzene rings is 2. The Kier molecular flexibility index (Phi) is 6.29. The highest BCUT2D eigenvalue weighted by atomic mass is 35.5. The van der Waals surface area contributed by atoms with Crippen molar-refractivity contribution in [2.24, 2.45) is 10.2 Å². The first kappa shape index (κ1) is 19.4. The molecule has 8 heteroatoms. The number of azo groups is 1. The van der Waals surface area contributed by atoms with Gasteiger partial charge in [-0.05, 0) is 42.8 Å². The van der Waals surface area contributed by atoms with Gasteiger partial charge in [-0.1, -0.05) is 11.6 Å². The first-order valence-corrected chi connectivity index (χ1v) is 9.04. The minimum Gasteiger partial charge on any atom is -0.378 e. The SMILES string of the molecule is Cc1cc[n+](CCNc2ccc(N=Nc3ccc([N+](=O)[O-])cc3)cc2Cl)cc1. The molecule has 0 unspecified atom stereocenters. The lowest BCUT2D eigenvalue weighted by molar-refractivity contribution is -0.694. The Hall–Kier alpha value is -3.32. The average Bonchev–Trinajstić information content (AvgIpc) is 2.69. The molecule has 0 saturated carbocycles. The standard InChI is InChI=1S/C20H19ClN5O2/c1-15-8-11-25(12-9-15)13-10-22-20-7-4-17(14-19(20)21)24-23-16-2-5-18(6-3-16)26(27)28/h2-9,11-12,14,22H,10,13H2,1H3/q+1. The van der Waals surface area contributed by atoms with Gasteiger partial charge in [0, 0.05) is 24.3 Å². The Labute approximate surface area is 167 Å². The van der Waals surface area contributed by atoms with E-state index in [0.29, 0.717) is 16.4 Å². The van der Waals surface area contributed by atoms with Crippen molar-refractivity contribution in [1.82, 2.24) is 0 Å². The molecule has 1 heterocycles. The summed E-state index contributed by atoms with van der Waals surface area (Å²) < 4.78 is 2.10. The van der Waals surface area contributed by atoms with Gasteiger partial charge in [0.05, 0.1) is 33.6 Å². The molecule has 0 bridgehead atoms. The van der Waals surface area contributed by atoms with Crippen LogP contribution < -0.4 is 9.88 Å². The Balaban J connectivity index is 1.58. The van der Waals surface area contributed by atoms with Gasteiger partial charge in [-0.3, -0.25) is 10.1 Å². The summed E-state index contributed by atoms with van der Waals surface area (Å²) in [5.41, 5.74) is 3.19. The molecule has 2 aromatic carbocycles. The Bertz CT molecular complexity index is 988. The second-order valence-corrected chi connectivity index (χ2v) is 6.58. The van der Waals surface area contributed by atoms with Gasteiger partial charge in [0.15, 0.2) is 18.9 Å². The van der Waals surface area contributed by atoms with Crippen LogP contribution >= 0.6 is 11.6 Å². The summed E-state index contributed by atoms with van der Waals surface area (Å²) >= 11 is 6.32.